The minimum Gasteiger partial charge on any atom is -0.486 e. The lowest BCUT2D eigenvalue weighted by atomic mass is 10.2. The zero-order valence-corrected chi connectivity index (χ0v) is 12.4. The van der Waals surface area contributed by atoms with Crippen molar-refractivity contribution in [1.29, 1.82) is 0 Å². The first kappa shape index (κ1) is 14.9. The van der Waals surface area contributed by atoms with Gasteiger partial charge in [0, 0.05) is 24.6 Å². The number of nitrogens with one attached hydrogen (secondary N) is 2. The number of halogens is 1. The lowest BCUT2D eigenvalue weighted by Crippen LogP contribution is -2.30. The highest BCUT2D eigenvalue weighted by atomic mass is 35.5. The molecule has 1 amide bonds. The average molecular weight is 299 g/mol. The first-order chi connectivity index (χ1) is 9.60. The molecule has 0 saturated carbocycles. The van der Waals surface area contributed by atoms with Crippen LogP contribution in [0.3, 0.4) is 0 Å². The Morgan fingerprint density at radius 1 is 1.35 bits per heavy atom. The summed E-state index contributed by atoms with van der Waals surface area (Å²) in [6.07, 6.45) is 0.388. The van der Waals surface area contributed by atoms with Crippen molar-refractivity contribution < 1.29 is 14.3 Å². The SMILES string of the molecule is CCNC(C)CC(=O)Nc1cc2c(cc1Cl)OCCO2. The van der Waals surface area contributed by atoms with Crippen molar-refractivity contribution in [3.05, 3.63) is 17.2 Å². The molecule has 6 heteroatoms. The Morgan fingerprint density at radius 2 is 2.00 bits per heavy atom. The molecule has 1 aromatic rings. The van der Waals surface area contributed by atoms with E-state index in [2.05, 4.69) is 10.6 Å². The van der Waals surface area contributed by atoms with E-state index in [4.69, 9.17) is 21.1 Å². The minimum absolute atomic E-state index is 0.0861. The minimum atomic E-state index is -0.0861. The summed E-state index contributed by atoms with van der Waals surface area (Å²) < 4.78 is 10.9. The second kappa shape index (κ2) is 6.81. The third-order valence-electron chi connectivity index (χ3n) is 2.95. The van der Waals surface area contributed by atoms with Crippen LogP contribution in [0.15, 0.2) is 12.1 Å². The first-order valence-corrected chi connectivity index (χ1v) is 7.10. The third-order valence-corrected chi connectivity index (χ3v) is 3.26. The van der Waals surface area contributed by atoms with Crippen molar-refractivity contribution in [2.45, 2.75) is 26.3 Å². The van der Waals surface area contributed by atoms with Crippen molar-refractivity contribution in [3.63, 3.8) is 0 Å². The monoisotopic (exact) mass is 298 g/mol. The van der Waals surface area contributed by atoms with Crippen LogP contribution in [0.4, 0.5) is 5.69 Å². The highest BCUT2D eigenvalue weighted by Crippen LogP contribution is 2.37. The molecule has 20 heavy (non-hydrogen) atoms. The van der Waals surface area contributed by atoms with E-state index in [9.17, 15) is 4.79 Å². The number of ether oxygens (including phenoxy) is 2. The maximum absolute atomic E-state index is 11.9. The van der Waals surface area contributed by atoms with Gasteiger partial charge < -0.3 is 20.1 Å². The molecule has 1 aliphatic rings. The summed E-state index contributed by atoms with van der Waals surface area (Å²) in [5, 5.41) is 6.43. The molecule has 2 N–H and O–H groups in total. The number of fused-ring (bicyclic) bond motifs is 1. The fraction of sp³-hybridized carbons (Fsp3) is 0.500. The van der Waals surface area contributed by atoms with E-state index in [-0.39, 0.29) is 11.9 Å². The Hall–Kier alpha value is -1.46. The molecular weight excluding hydrogens is 280 g/mol. The number of anilines is 1. The van der Waals surface area contributed by atoms with Gasteiger partial charge in [-0.1, -0.05) is 18.5 Å². The van der Waals surface area contributed by atoms with Gasteiger partial charge in [0.1, 0.15) is 13.2 Å². The number of benzene rings is 1. The molecule has 0 saturated heterocycles. The van der Waals surface area contributed by atoms with Gasteiger partial charge >= 0.3 is 0 Å². The van der Waals surface area contributed by atoms with E-state index in [1.807, 2.05) is 13.8 Å². The van der Waals surface area contributed by atoms with Gasteiger partial charge in [-0.25, -0.2) is 0 Å². The number of carbonyl (C=O) groups is 1. The summed E-state index contributed by atoms with van der Waals surface area (Å²) in [5.74, 6) is 1.13. The highest BCUT2D eigenvalue weighted by Gasteiger charge is 2.17. The van der Waals surface area contributed by atoms with Crippen LogP contribution in [-0.2, 0) is 4.79 Å². The number of carbonyl (C=O) groups excluding carboxylic acids is 1. The van der Waals surface area contributed by atoms with Gasteiger partial charge in [0.05, 0.1) is 10.7 Å². The molecule has 1 aromatic carbocycles. The smallest absolute Gasteiger partial charge is 0.225 e. The van der Waals surface area contributed by atoms with Crippen molar-refractivity contribution in [2.24, 2.45) is 0 Å². The molecule has 2 rings (SSSR count). The van der Waals surface area contributed by atoms with Crippen LogP contribution in [-0.4, -0.2) is 31.7 Å². The van der Waals surface area contributed by atoms with Crippen LogP contribution in [0.5, 0.6) is 11.5 Å². The lowest BCUT2D eigenvalue weighted by molar-refractivity contribution is -0.116. The van der Waals surface area contributed by atoms with Gasteiger partial charge in [-0.05, 0) is 13.5 Å². The van der Waals surface area contributed by atoms with E-state index < -0.39 is 0 Å². The Balaban J connectivity index is 2.03. The predicted molar refractivity (Wildman–Crippen MR) is 78.8 cm³/mol. The fourth-order valence-electron chi connectivity index (χ4n) is 2.06. The van der Waals surface area contributed by atoms with Gasteiger partial charge in [0.15, 0.2) is 11.5 Å². The molecule has 110 valence electrons. The van der Waals surface area contributed by atoms with Crippen LogP contribution in [0, 0.1) is 0 Å². The van der Waals surface area contributed by atoms with Gasteiger partial charge in [0.2, 0.25) is 5.91 Å². The molecule has 1 atom stereocenters. The molecule has 1 unspecified atom stereocenters. The Bertz CT molecular complexity index is 494. The summed E-state index contributed by atoms with van der Waals surface area (Å²) in [6.45, 7) is 5.81. The third kappa shape index (κ3) is 3.77. The van der Waals surface area contributed by atoms with Crippen LogP contribution < -0.4 is 20.1 Å². The zero-order valence-electron chi connectivity index (χ0n) is 11.7. The molecule has 0 fully saturated rings. The molecule has 1 aliphatic heterocycles. The maximum atomic E-state index is 11.9. The standard InChI is InChI=1S/C14H19ClN2O3/c1-3-16-9(2)6-14(18)17-11-8-13-12(7-10(11)15)19-4-5-20-13/h7-9,16H,3-6H2,1-2H3,(H,17,18). The average Bonchev–Trinajstić information content (AvgIpc) is 2.39. The van der Waals surface area contributed by atoms with Crippen LogP contribution in [0.2, 0.25) is 5.02 Å². The molecule has 0 aromatic heterocycles. The fourth-order valence-corrected chi connectivity index (χ4v) is 2.26. The van der Waals surface area contributed by atoms with E-state index >= 15 is 0 Å². The lowest BCUT2D eigenvalue weighted by Gasteiger charge is -2.20. The van der Waals surface area contributed by atoms with Gasteiger partial charge in [-0.3, -0.25) is 4.79 Å². The summed E-state index contributed by atoms with van der Waals surface area (Å²) >= 11 is 6.14. The van der Waals surface area contributed by atoms with E-state index in [0.717, 1.165) is 6.54 Å². The Labute approximate surface area is 123 Å². The summed E-state index contributed by atoms with van der Waals surface area (Å²) in [4.78, 5) is 11.9. The van der Waals surface area contributed by atoms with Crippen molar-refractivity contribution in [2.75, 3.05) is 25.1 Å². The zero-order chi connectivity index (χ0) is 14.5. The second-order valence-electron chi connectivity index (χ2n) is 4.69. The van der Waals surface area contributed by atoms with Gasteiger partial charge in [-0.15, -0.1) is 0 Å². The molecule has 0 spiro atoms. The van der Waals surface area contributed by atoms with Crippen molar-refractivity contribution >= 4 is 23.2 Å². The number of hydrogen-bond acceptors (Lipinski definition) is 4. The normalized spacial score (nSPS) is 14.8. The van der Waals surface area contributed by atoms with Gasteiger partial charge in [0.25, 0.3) is 0 Å². The molecule has 1 heterocycles. The number of rotatable bonds is 5. The van der Waals surface area contributed by atoms with Crippen LogP contribution in [0.1, 0.15) is 20.3 Å². The highest BCUT2D eigenvalue weighted by molar-refractivity contribution is 6.34. The maximum Gasteiger partial charge on any atom is 0.225 e. The van der Waals surface area contributed by atoms with Crippen LogP contribution in [0.25, 0.3) is 0 Å². The number of hydrogen-bond donors (Lipinski definition) is 2. The van der Waals surface area contributed by atoms with E-state index in [0.29, 0.717) is 41.8 Å². The molecule has 0 bridgehead atoms. The molecule has 0 aliphatic carbocycles. The molecule has 5 nitrogen and oxygen atoms in total. The van der Waals surface area contributed by atoms with Crippen molar-refractivity contribution in [3.8, 4) is 11.5 Å². The second-order valence-corrected chi connectivity index (χ2v) is 5.09. The van der Waals surface area contributed by atoms with E-state index in [1.54, 1.807) is 12.1 Å². The summed E-state index contributed by atoms with van der Waals surface area (Å²) in [7, 11) is 0. The predicted octanol–water partition coefficient (Wildman–Crippen LogP) is 2.44. The first-order valence-electron chi connectivity index (χ1n) is 6.72. The Kier molecular flexibility index (Phi) is 5.09. The topological polar surface area (TPSA) is 59.6 Å². The Morgan fingerprint density at radius 3 is 2.65 bits per heavy atom. The molecule has 0 radical (unpaired) electrons. The van der Waals surface area contributed by atoms with Crippen LogP contribution >= 0.6 is 11.6 Å². The quantitative estimate of drug-likeness (QED) is 0.876. The van der Waals surface area contributed by atoms with E-state index in [1.165, 1.54) is 0 Å². The summed E-state index contributed by atoms with van der Waals surface area (Å²) in [5.41, 5.74) is 0.546. The largest absolute Gasteiger partial charge is 0.486 e. The van der Waals surface area contributed by atoms with Crippen molar-refractivity contribution in [1.82, 2.24) is 5.32 Å². The molecular formula is C14H19ClN2O3. The summed E-state index contributed by atoms with van der Waals surface area (Å²) in [6, 6.07) is 3.49. The van der Waals surface area contributed by atoms with Gasteiger partial charge in [-0.2, -0.15) is 0 Å². The number of amides is 1.